The van der Waals surface area contributed by atoms with E-state index in [1.54, 1.807) is 17.2 Å². The van der Waals surface area contributed by atoms with Crippen molar-refractivity contribution in [2.24, 2.45) is 0 Å². The maximum absolute atomic E-state index is 13.2. The largest absolute Gasteiger partial charge is 0.388 e. The molecule has 1 aliphatic heterocycles. The van der Waals surface area contributed by atoms with Crippen LogP contribution in [0.15, 0.2) is 96.3 Å². The molecule has 1 saturated heterocycles. The number of nitrogens with two attached hydrogens (primary N) is 1. The number of pyridine rings is 2. The molecule has 0 radical (unpaired) electrons. The first-order valence-corrected chi connectivity index (χ1v) is 18.9. The number of fused-ring (bicyclic) bond motifs is 1. The fourth-order valence-electron chi connectivity index (χ4n) is 6.62. The van der Waals surface area contributed by atoms with Crippen molar-refractivity contribution in [3.63, 3.8) is 0 Å². The number of likely N-dealkylation sites (tertiary alicyclic amines) is 1. The number of aldehydes is 1. The van der Waals surface area contributed by atoms with Crippen LogP contribution < -0.4 is 5.73 Å². The Bertz CT molecular complexity index is 1970. The van der Waals surface area contributed by atoms with E-state index in [1.165, 1.54) is 11.6 Å². The molecule has 1 aromatic carbocycles. The number of nitrogen functional groups attached to an aromatic ring is 1. The Morgan fingerprint density at radius 2 is 1.75 bits per heavy atom. The third-order valence-corrected chi connectivity index (χ3v) is 9.33. The Morgan fingerprint density at radius 1 is 1.04 bits per heavy atom. The number of benzene rings is 1. The number of allylic oxidation sites excluding steroid dienone is 4. The number of anilines is 1. The van der Waals surface area contributed by atoms with Crippen molar-refractivity contribution in [3.8, 4) is 17.1 Å². The molecule has 1 amide bonds. The minimum atomic E-state index is -0.841. The molecule has 6 rings (SSSR count). The van der Waals surface area contributed by atoms with Gasteiger partial charge in [0.1, 0.15) is 17.6 Å². The number of likely N-dealkylation sites (N-methyl/N-ethyl adjacent to an activating group) is 1. The average Bonchev–Trinajstić information content (AvgIpc) is 3.58. The topological polar surface area (TPSA) is 130 Å². The number of carbonyl (C=O) groups is 2. The fraction of sp³-hybridized carbons (Fsp3) is 0.372. The number of piperidine rings is 1. The Kier molecular flexibility index (Phi) is 15.0. The lowest BCUT2D eigenvalue weighted by molar-refractivity contribution is -0.128. The van der Waals surface area contributed by atoms with E-state index in [9.17, 15) is 14.7 Å². The Morgan fingerprint density at radius 3 is 2.40 bits per heavy atom. The molecule has 3 N–H and O–H groups in total. The molecule has 4 heterocycles. The van der Waals surface area contributed by atoms with Crippen LogP contribution >= 0.6 is 0 Å². The molecule has 1 unspecified atom stereocenters. The third-order valence-electron chi connectivity index (χ3n) is 9.33. The lowest BCUT2D eigenvalue weighted by atomic mass is 9.95. The van der Waals surface area contributed by atoms with Gasteiger partial charge in [0, 0.05) is 55.8 Å². The first-order valence-electron chi connectivity index (χ1n) is 18.9. The highest BCUT2D eigenvalue weighted by atomic mass is 16.3. The number of aliphatic hydroxyl groups is 1. The molecule has 1 atom stereocenters. The van der Waals surface area contributed by atoms with Crippen LogP contribution in [-0.4, -0.2) is 78.9 Å². The van der Waals surface area contributed by atoms with Crippen LogP contribution in [0, 0.1) is 0 Å². The summed E-state index contributed by atoms with van der Waals surface area (Å²) in [7, 11) is 1.83. The summed E-state index contributed by atoms with van der Waals surface area (Å²) in [5.74, 6) is 0.980. The molecule has 0 saturated carbocycles. The van der Waals surface area contributed by atoms with Gasteiger partial charge in [0.05, 0.1) is 17.4 Å². The number of rotatable bonds is 10. The molecule has 53 heavy (non-hydrogen) atoms. The highest BCUT2D eigenvalue weighted by Gasteiger charge is 2.28. The predicted octanol–water partition coefficient (Wildman–Crippen LogP) is 7.73. The van der Waals surface area contributed by atoms with E-state index < -0.39 is 6.10 Å². The summed E-state index contributed by atoms with van der Waals surface area (Å²) in [6.07, 6.45) is 13.9. The number of imidazole rings is 1. The van der Waals surface area contributed by atoms with Crippen molar-refractivity contribution < 1.29 is 14.7 Å². The van der Waals surface area contributed by atoms with Crippen molar-refractivity contribution in [2.75, 3.05) is 25.9 Å². The van der Waals surface area contributed by atoms with Crippen molar-refractivity contribution in [1.29, 1.82) is 0 Å². The Hall–Kier alpha value is -5.19. The SMILES string of the molecule is C/C=C\C(=C/CC)c1ccc2nc(-c3cccnc3N)n(-c3ccc(CN4CCC(N(C)C(=O)C5=CCC(O)C(C=O)=C5)CC4)cc3)c2n1.CC.CC. The zero-order valence-electron chi connectivity index (χ0n) is 32.3. The van der Waals surface area contributed by atoms with Crippen molar-refractivity contribution >= 4 is 34.7 Å². The average molecular weight is 718 g/mol. The number of aliphatic hydroxyl groups excluding tert-OH is 1. The standard InChI is InChI=1S/C39H43N7O3.2C2H6/c1-4-7-27(8-5-2)33-15-16-34-38(42-33)46(37(43-34)32-9-6-20-41-36(32)40)31-13-10-26(11-14-31)24-45-21-18-30(19-22-45)44(3)39(49)28-12-17-35(48)29(23-28)25-47;2*1-2/h4,6-16,20,23,25,30,35,48H,5,17-19,21-22,24H2,1-3H3,(H2,40,41);2*1-2H3/b7-4-,27-8+;;. The van der Waals surface area contributed by atoms with Crippen molar-refractivity contribution in [3.05, 3.63) is 108 Å². The van der Waals surface area contributed by atoms with Crippen LogP contribution in [0.5, 0.6) is 0 Å². The zero-order chi connectivity index (χ0) is 38.5. The Balaban J connectivity index is 0.00000152. The number of hydrogen-bond donors (Lipinski definition) is 2. The lowest BCUT2D eigenvalue weighted by Crippen LogP contribution is -2.45. The van der Waals surface area contributed by atoms with Gasteiger partial charge in [-0.25, -0.2) is 15.0 Å². The van der Waals surface area contributed by atoms with Gasteiger partial charge in [0.2, 0.25) is 0 Å². The second-order valence-corrected chi connectivity index (χ2v) is 12.6. The van der Waals surface area contributed by atoms with Gasteiger partial charge in [-0.1, -0.05) is 71.1 Å². The van der Waals surface area contributed by atoms with E-state index in [0.29, 0.717) is 23.5 Å². The molecule has 10 nitrogen and oxygen atoms in total. The molecule has 0 spiro atoms. The van der Waals surface area contributed by atoms with Gasteiger partial charge in [-0.15, -0.1) is 0 Å². The van der Waals surface area contributed by atoms with E-state index in [0.717, 1.165) is 72.6 Å². The van der Waals surface area contributed by atoms with E-state index in [2.05, 4.69) is 57.8 Å². The zero-order valence-corrected chi connectivity index (χ0v) is 32.3. The number of aromatic nitrogens is 4. The number of amides is 1. The molecular formula is C43H55N7O3. The van der Waals surface area contributed by atoms with Crippen LogP contribution in [0.4, 0.5) is 5.82 Å². The fourth-order valence-corrected chi connectivity index (χ4v) is 6.62. The maximum Gasteiger partial charge on any atom is 0.253 e. The molecule has 4 aromatic rings. The van der Waals surface area contributed by atoms with Crippen LogP contribution in [-0.2, 0) is 16.1 Å². The normalized spacial score (nSPS) is 16.6. The van der Waals surface area contributed by atoms with Gasteiger partial charge in [0.25, 0.3) is 5.91 Å². The van der Waals surface area contributed by atoms with E-state index in [1.807, 2.05) is 72.0 Å². The minimum absolute atomic E-state index is 0.109. The van der Waals surface area contributed by atoms with Crippen molar-refractivity contribution in [2.45, 2.75) is 85.9 Å². The molecule has 3 aromatic heterocycles. The van der Waals surface area contributed by atoms with Gasteiger partial charge < -0.3 is 15.7 Å². The van der Waals surface area contributed by atoms with Crippen molar-refractivity contribution in [1.82, 2.24) is 29.3 Å². The monoisotopic (exact) mass is 717 g/mol. The van der Waals surface area contributed by atoms with Crippen LogP contribution in [0.1, 0.15) is 78.5 Å². The number of hydrogen-bond acceptors (Lipinski definition) is 8. The van der Waals surface area contributed by atoms with Crippen LogP contribution in [0.3, 0.4) is 0 Å². The molecule has 10 heteroatoms. The predicted molar refractivity (Wildman–Crippen MR) is 216 cm³/mol. The smallest absolute Gasteiger partial charge is 0.253 e. The first-order chi connectivity index (χ1) is 25.8. The maximum atomic E-state index is 13.2. The van der Waals surface area contributed by atoms with Crippen LogP contribution in [0.2, 0.25) is 0 Å². The molecular weight excluding hydrogens is 663 g/mol. The highest BCUT2D eigenvalue weighted by molar-refractivity contribution is 5.98. The quantitative estimate of drug-likeness (QED) is 0.126. The molecule has 0 bridgehead atoms. The minimum Gasteiger partial charge on any atom is -0.388 e. The van der Waals surface area contributed by atoms with Crippen LogP contribution in [0.25, 0.3) is 33.8 Å². The summed E-state index contributed by atoms with van der Waals surface area (Å²) in [6, 6.07) is 16.4. The summed E-state index contributed by atoms with van der Waals surface area (Å²) in [4.78, 5) is 43.1. The molecule has 280 valence electrons. The van der Waals surface area contributed by atoms with E-state index in [4.69, 9.17) is 15.7 Å². The summed E-state index contributed by atoms with van der Waals surface area (Å²) in [5, 5.41) is 9.95. The highest BCUT2D eigenvalue weighted by Crippen LogP contribution is 2.32. The lowest BCUT2D eigenvalue weighted by Gasteiger charge is -2.37. The second-order valence-electron chi connectivity index (χ2n) is 12.6. The summed E-state index contributed by atoms with van der Waals surface area (Å²) in [5.41, 5.74) is 13.4. The van der Waals surface area contributed by atoms with E-state index >= 15 is 0 Å². The molecule has 1 fully saturated rings. The van der Waals surface area contributed by atoms with E-state index in [-0.39, 0.29) is 23.9 Å². The van der Waals surface area contributed by atoms with Gasteiger partial charge in [-0.2, -0.15) is 0 Å². The first kappa shape index (κ1) is 40.6. The third kappa shape index (κ3) is 9.43. The van der Waals surface area contributed by atoms with Gasteiger partial charge in [0.15, 0.2) is 11.5 Å². The summed E-state index contributed by atoms with van der Waals surface area (Å²) in [6.45, 7) is 14.6. The van der Waals surface area contributed by atoms with Gasteiger partial charge in [-0.05, 0) is 86.2 Å². The number of carbonyl (C=O) groups excluding carboxylic acids is 2. The molecule has 2 aliphatic rings. The Labute approximate surface area is 314 Å². The summed E-state index contributed by atoms with van der Waals surface area (Å²) < 4.78 is 2.06. The van der Waals surface area contributed by atoms with Gasteiger partial charge >= 0.3 is 0 Å². The van der Waals surface area contributed by atoms with Gasteiger partial charge in [-0.3, -0.25) is 19.1 Å². The summed E-state index contributed by atoms with van der Waals surface area (Å²) >= 11 is 0. The second kappa shape index (κ2) is 19.6. The molecule has 1 aliphatic carbocycles. The number of nitrogens with zero attached hydrogens (tertiary/aromatic N) is 6.